The highest BCUT2D eigenvalue weighted by Crippen LogP contribution is 2.30. The zero-order valence-corrected chi connectivity index (χ0v) is 7.99. The van der Waals surface area contributed by atoms with Crippen LogP contribution in [0.5, 0.6) is 0 Å². The van der Waals surface area contributed by atoms with Crippen LogP contribution in [-0.2, 0) is 0 Å². The van der Waals surface area contributed by atoms with E-state index >= 15 is 0 Å². The highest BCUT2D eigenvalue weighted by molar-refractivity contribution is 6.29. The molecule has 14 heavy (non-hydrogen) atoms. The number of nitrogens with zero attached hydrogens (tertiary/aromatic N) is 2. The van der Waals surface area contributed by atoms with Gasteiger partial charge < -0.3 is 5.32 Å². The highest BCUT2D eigenvalue weighted by Gasteiger charge is 2.25. The molecule has 1 fully saturated rings. The number of nitro groups is 1. The average molecular weight is 214 g/mol. The van der Waals surface area contributed by atoms with Gasteiger partial charge in [-0.15, -0.1) is 0 Å². The van der Waals surface area contributed by atoms with Crippen LogP contribution in [-0.4, -0.2) is 15.9 Å². The van der Waals surface area contributed by atoms with Gasteiger partial charge in [0, 0.05) is 12.1 Å². The lowest BCUT2D eigenvalue weighted by Gasteiger charge is -2.03. The predicted molar refractivity (Wildman–Crippen MR) is 52.5 cm³/mol. The predicted octanol–water partition coefficient (Wildman–Crippen LogP) is 2.22. The average Bonchev–Trinajstić information content (AvgIpc) is 2.87. The summed E-state index contributed by atoms with van der Waals surface area (Å²) in [5.74, 6) is 0.269. The maximum atomic E-state index is 10.6. The number of hydrogen-bond acceptors (Lipinski definition) is 4. The van der Waals surface area contributed by atoms with Gasteiger partial charge in [0.2, 0.25) is 5.82 Å². The molecule has 1 heterocycles. The molecule has 5 nitrogen and oxygen atoms in total. The molecular formula is C8H8ClN3O2. The first-order chi connectivity index (χ1) is 6.66. The van der Waals surface area contributed by atoms with Gasteiger partial charge in [-0.2, -0.15) is 0 Å². The molecule has 0 spiro atoms. The standard InChI is InChI=1S/C8H8ClN3O2/c9-7-4-3-6(12(13)14)8(11-7)10-5-1-2-5/h3-5H,1-2H2,(H,10,11). The molecule has 1 N–H and O–H groups in total. The lowest BCUT2D eigenvalue weighted by Crippen LogP contribution is -2.06. The number of nitrogens with one attached hydrogen (secondary N) is 1. The Kier molecular flexibility index (Phi) is 2.25. The fourth-order valence-corrected chi connectivity index (χ4v) is 1.25. The van der Waals surface area contributed by atoms with E-state index in [4.69, 9.17) is 11.6 Å². The Morgan fingerprint density at radius 2 is 2.29 bits per heavy atom. The van der Waals surface area contributed by atoms with Crippen molar-refractivity contribution in [3.05, 3.63) is 27.4 Å². The summed E-state index contributed by atoms with van der Waals surface area (Å²) in [4.78, 5) is 14.0. The molecule has 74 valence electrons. The number of rotatable bonds is 3. The van der Waals surface area contributed by atoms with Gasteiger partial charge in [-0.05, 0) is 18.9 Å². The fraction of sp³-hybridized carbons (Fsp3) is 0.375. The first-order valence-electron chi connectivity index (χ1n) is 4.24. The van der Waals surface area contributed by atoms with Gasteiger partial charge in [-0.3, -0.25) is 10.1 Å². The van der Waals surface area contributed by atoms with E-state index in [1.54, 1.807) is 0 Å². The zero-order chi connectivity index (χ0) is 10.1. The molecule has 0 aromatic carbocycles. The smallest absolute Gasteiger partial charge is 0.311 e. The third-order valence-electron chi connectivity index (χ3n) is 1.95. The van der Waals surface area contributed by atoms with Crippen LogP contribution in [0.4, 0.5) is 11.5 Å². The van der Waals surface area contributed by atoms with Crippen molar-refractivity contribution in [1.29, 1.82) is 0 Å². The highest BCUT2D eigenvalue weighted by atomic mass is 35.5. The van der Waals surface area contributed by atoms with Gasteiger partial charge in [0.1, 0.15) is 5.15 Å². The van der Waals surface area contributed by atoms with Crippen LogP contribution < -0.4 is 5.32 Å². The van der Waals surface area contributed by atoms with Crippen molar-refractivity contribution in [1.82, 2.24) is 4.98 Å². The second kappa shape index (κ2) is 3.42. The van der Waals surface area contributed by atoms with E-state index in [9.17, 15) is 10.1 Å². The fourth-order valence-electron chi connectivity index (χ4n) is 1.10. The number of halogens is 1. The van der Waals surface area contributed by atoms with Gasteiger partial charge in [0.05, 0.1) is 4.92 Å². The van der Waals surface area contributed by atoms with Gasteiger partial charge in [-0.1, -0.05) is 11.6 Å². The Bertz CT molecular complexity index is 379. The summed E-state index contributed by atoms with van der Waals surface area (Å²) in [5, 5.41) is 13.8. The van der Waals surface area contributed by atoms with Gasteiger partial charge in [0.25, 0.3) is 0 Å². The largest absolute Gasteiger partial charge is 0.362 e. The maximum absolute atomic E-state index is 10.6. The molecular weight excluding hydrogens is 206 g/mol. The van der Waals surface area contributed by atoms with Gasteiger partial charge in [0.15, 0.2) is 0 Å². The molecule has 0 amide bonds. The van der Waals surface area contributed by atoms with Crippen LogP contribution in [0, 0.1) is 10.1 Å². The quantitative estimate of drug-likeness (QED) is 0.475. The molecule has 0 aliphatic heterocycles. The maximum Gasteiger partial charge on any atom is 0.311 e. The molecule has 2 rings (SSSR count). The number of hydrogen-bond donors (Lipinski definition) is 1. The topological polar surface area (TPSA) is 68.1 Å². The lowest BCUT2D eigenvalue weighted by atomic mass is 10.4. The molecule has 1 aliphatic rings. The molecule has 0 unspecified atom stereocenters. The summed E-state index contributed by atoms with van der Waals surface area (Å²) in [6.45, 7) is 0. The van der Waals surface area contributed by atoms with Crippen molar-refractivity contribution in [3.8, 4) is 0 Å². The van der Waals surface area contributed by atoms with Crippen molar-refractivity contribution < 1.29 is 4.92 Å². The van der Waals surface area contributed by atoms with E-state index in [0.717, 1.165) is 12.8 Å². The lowest BCUT2D eigenvalue weighted by molar-refractivity contribution is -0.384. The van der Waals surface area contributed by atoms with Crippen molar-refractivity contribution in [3.63, 3.8) is 0 Å². The van der Waals surface area contributed by atoms with Crippen LogP contribution in [0.25, 0.3) is 0 Å². The van der Waals surface area contributed by atoms with Crippen molar-refractivity contribution in [2.75, 3.05) is 5.32 Å². The summed E-state index contributed by atoms with van der Waals surface area (Å²) < 4.78 is 0. The van der Waals surface area contributed by atoms with E-state index in [1.807, 2.05) is 0 Å². The summed E-state index contributed by atoms with van der Waals surface area (Å²) in [6, 6.07) is 3.09. The van der Waals surface area contributed by atoms with Crippen LogP contribution >= 0.6 is 11.6 Å². The molecule has 1 aliphatic carbocycles. The van der Waals surface area contributed by atoms with E-state index < -0.39 is 4.92 Å². The van der Waals surface area contributed by atoms with Crippen LogP contribution in [0.2, 0.25) is 5.15 Å². The summed E-state index contributed by atoms with van der Waals surface area (Å²) in [6.07, 6.45) is 2.07. The molecule has 1 aromatic rings. The Hall–Kier alpha value is -1.36. The van der Waals surface area contributed by atoms with Crippen LogP contribution in [0.1, 0.15) is 12.8 Å². The van der Waals surface area contributed by atoms with E-state index in [2.05, 4.69) is 10.3 Å². The normalized spacial score (nSPS) is 15.2. The summed E-state index contributed by atoms with van der Waals surface area (Å²) in [7, 11) is 0. The van der Waals surface area contributed by atoms with Crippen molar-refractivity contribution >= 4 is 23.1 Å². The number of anilines is 1. The number of aromatic nitrogens is 1. The van der Waals surface area contributed by atoms with Crippen molar-refractivity contribution in [2.45, 2.75) is 18.9 Å². The van der Waals surface area contributed by atoms with Crippen molar-refractivity contribution in [2.24, 2.45) is 0 Å². The minimum atomic E-state index is -0.464. The summed E-state index contributed by atoms with van der Waals surface area (Å²) >= 11 is 5.65. The van der Waals surface area contributed by atoms with Gasteiger partial charge >= 0.3 is 5.69 Å². The molecule has 1 aromatic heterocycles. The SMILES string of the molecule is O=[N+]([O-])c1ccc(Cl)nc1NC1CC1. The Morgan fingerprint density at radius 3 is 2.86 bits per heavy atom. The minimum Gasteiger partial charge on any atom is -0.362 e. The molecule has 0 saturated heterocycles. The molecule has 0 bridgehead atoms. The van der Waals surface area contributed by atoms with E-state index in [0.29, 0.717) is 6.04 Å². The number of pyridine rings is 1. The first-order valence-corrected chi connectivity index (χ1v) is 4.62. The van der Waals surface area contributed by atoms with E-state index in [1.165, 1.54) is 12.1 Å². The van der Waals surface area contributed by atoms with Gasteiger partial charge in [-0.25, -0.2) is 4.98 Å². The summed E-state index contributed by atoms with van der Waals surface area (Å²) in [5.41, 5.74) is -0.0266. The Morgan fingerprint density at radius 1 is 1.57 bits per heavy atom. The second-order valence-electron chi connectivity index (χ2n) is 3.18. The van der Waals surface area contributed by atoms with E-state index in [-0.39, 0.29) is 16.7 Å². The molecule has 1 saturated carbocycles. The molecule has 0 radical (unpaired) electrons. The third kappa shape index (κ3) is 1.93. The second-order valence-corrected chi connectivity index (χ2v) is 3.56. The first kappa shape index (κ1) is 9.21. The Labute approximate surface area is 85.2 Å². The zero-order valence-electron chi connectivity index (χ0n) is 7.24. The van der Waals surface area contributed by atoms with Crippen LogP contribution in [0.3, 0.4) is 0 Å². The Balaban J connectivity index is 2.31. The van der Waals surface area contributed by atoms with Crippen LogP contribution in [0.15, 0.2) is 12.1 Å². The third-order valence-corrected chi connectivity index (χ3v) is 2.17. The molecule has 0 atom stereocenters. The molecule has 6 heteroatoms. The monoisotopic (exact) mass is 213 g/mol. The minimum absolute atomic E-state index is 0.0266.